The van der Waals surface area contributed by atoms with Crippen molar-refractivity contribution in [1.82, 2.24) is 9.80 Å². The summed E-state index contributed by atoms with van der Waals surface area (Å²) in [6.45, 7) is 3.47. The maximum Gasteiger partial charge on any atom is 0.230 e. The number of amides is 2. The van der Waals surface area contributed by atoms with Crippen molar-refractivity contribution >= 4 is 11.8 Å². The van der Waals surface area contributed by atoms with Crippen LogP contribution in [-0.2, 0) is 28.9 Å². The number of carbonyl (C=O) groups excluding carboxylic acids is 2. The molecule has 1 unspecified atom stereocenters. The first-order chi connectivity index (χ1) is 15.6. The molecule has 166 valence electrons. The number of hydrogen-bond acceptors (Lipinski definition) is 2. The number of benzene rings is 2. The van der Waals surface area contributed by atoms with Crippen LogP contribution in [0.3, 0.4) is 0 Å². The summed E-state index contributed by atoms with van der Waals surface area (Å²) >= 11 is 0. The zero-order valence-corrected chi connectivity index (χ0v) is 18.8. The van der Waals surface area contributed by atoms with E-state index in [-0.39, 0.29) is 11.3 Å². The van der Waals surface area contributed by atoms with Crippen LogP contribution in [0.2, 0.25) is 0 Å². The average molecular weight is 429 g/mol. The van der Waals surface area contributed by atoms with E-state index in [9.17, 15) is 9.59 Å². The van der Waals surface area contributed by atoms with Gasteiger partial charge in [0.1, 0.15) is 0 Å². The number of hydrogen-bond donors (Lipinski definition) is 0. The van der Waals surface area contributed by atoms with Gasteiger partial charge >= 0.3 is 0 Å². The fraction of sp³-hybridized carbons (Fsp3) is 0.500. The zero-order chi connectivity index (χ0) is 21.7. The Morgan fingerprint density at radius 3 is 2.03 bits per heavy atom. The van der Waals surface area contributed by atoms with E-state index in [2.05, 4.69) is 52.3 Å². The number of likely N-dealkylation sites (tertiary alicyclic amines) is 2. The van der Waals surface area contributed by atoms with Gasteiger partial charge in [-0.25, -0.2) is 0 Å². The molecule has 4 aliphatic rings. The molecule has 2 aromatic rings. The monoisotopic (exact) mass is 428 g/mol. The average Bonchev–Trinajstić information content (AvgIpc) is 3.39. The van der Waals surface area contributed by atoms with Crippen LogP contribution in [0.1, 0.15) is 53.9 Å². The second kappa shape index (κ2) is 7.75. The molecule has 2 aliphatic carbocycles. The maximum absolute atomic E-state index is 13.1. The summed E-state index contributed by atoms with van der Waals surface area (Å²) in [4.78, 5) is 30.3. The molecule has 0 radical (unpaired) electrons. The Morgan fingerprint density at radius 1 is 0.781 bits per heavy atom. The summed E-state index contributed by atoms with van der Waals surface area (Å²) in [5.41, 5.74) is 5.63. The molecule has 32 heavy (non-hydrogen) atoms. The number of fused-ring (bicyclic) bond motifs is 2. The van der Waals surface area contributed by atoms with E-state index in [1.54, 1.807) is 0 Å². The highest BCUT2D eigenvalue weighted by atomic mass is 16.2. The molecule has 4 heteroatoms. The molecule has 2 heterocycles. The molecular formula is C28H32N2O2. The predicted octanol–water partition coefficient (Wildman–Crippen LogP) is 3.97. The Kier molecular flexibility index (Phi) is 4.85. The quantitative estimate of drug-likeness (QED) is 0.742. The molecule has 2 saturated heterocycles. The minimum Gasteiger partial charge on any atom is -0.343 e. The Hall–Kier alpha value is -2.62. The summed E-state index contributed by atoms with van der Waals surface area (Å²) in [5, 5.41) is 0. The van der Waals surface area contributed by atoms with Gasteiger partial charge in [0.15, 0.2) is 0 Å². The molecule has 6 rings (SSSR count). The van der Waals surface area contributed by atoms with Gasteiger partial charge in [-0.3, -0.25) is 9.59 Å². The third kappa shape index (κ3) is 3.44. The third-order valence-electron chi connectivity index (χ3n) is 8.68. The second-order valence-electron chi connectivity index (χ2n) is 10.6. The summed E-state index contributed by atoms with van der Waals surface area (Å²) in [6.07, 6.45) is 6.82. The minimum absolute atomic E-state index is 0.0681. The number of nitrogens with zero attached hydrogens (tertiary/aromatic N) is 2. The Labute approximate surface area is 190 Å². The molecule has 4 nitrogen and oxygen atoms in total. The van der Waals surface area contributed by atoms with Crippen molar-refractivity contribution in [2.45, 2.75) is 50.9 Å². The van der Waals surface area contributed by atoms with E-state index >= 15 is 0 Å². The van der Waals surface area contributed by atoms with Gasteiger partial charge in [0.25, 0.3) is 0 Å². The van der Waals surface area contributed by atoms with Crippen LogP contribution < -0.4 is 0 Å². The zero-order valence-electron chi connectivity index (χ0n) is 18.8. The lowest BCUT2D eigenvalue weighted by atomic mass is 9.76. The van der Waals surface area contributed by atoms with Crippen LogP contribution in [-0.4, -0.2) is 47.8 Å². The van der Waals surface area contributed by atoms with Crippen molar-refractivity contribution < 1.29 is 9.59 Å². The van der Waals surface area contributed by atoms with Crippen LogP contribution in [0, 0.1) is 11.3 Å². The van der Waals surface area contributed by atoms with E-state index in [1.807, 2.05) is 6.07 Å². The van der Waals surface area contributed by atoms with Crippen molar-refractivity contribution in [2.75, 3.05) is 26.2 Å². The van der Waals surface area contributed by atoms with Gasteiger partial charge in [-0.1, -0.05) is 48.5 Å². The third-order valence-corrected chi connectivity index (χ3v) is 8.68. The lowest BCUT2D eigenvalue weighted by Gasteiger charge is -2.40. The van der Waals surface area contributed by atoms with Crippen molar-refractivity contribution in [2.24, 2.45) is 11.3 Å². The van der Waals surface area contributed by atoms with Gasteiger partial charge in [0.2, 0.25) is 11.8 Å². The molecule has 0 aromatic heterocycles. The first-order valence-corrected chi connectivity index (χ1v) is 12.3. The highest BCUT2D eigenvalue weighted by molar-refractivity contribution is 5.87. The molecule has 2 aromatic carbocycles. The molecule has 2 aliphatic heterocycles. The van der Waals surface area contributed by atoms with Crippen molar-refractivity contribution in [3.8, 4) is 0 Å². The van der Waals surface area contributed by atoms with Gasteiger partial charge in [0, 0.05) is 32.6 Å². The Balaban J connectivity index is 1.01. The maximum atomic E-state index is 13.1. The van der Waals surface area contributed by atoms with Crippen LogP contribution >= 0.6 is 0 Å². The van der Waals surface area contributed by atoms with E-state index in [0.29, 0.717) is 24.2 Å². The number of rotatable bonds is 3. The summed E-state index contributed by atoms with van der Waals surface area (Å²) < 4.78 is 0. The lowest BCUT2D eigenvalue weighted by molar-refractivity contribution is -0.136. The Bertz CT molecular complexity index is 1030. The highest BCUT2D eigenvalue weighted by Crippen LogP contribution is 2.43. The summed E-state index contributed by atoms with van der Waals surface area (Å²) in [7, 11) is 0. The fourth-order valence-corrected chi connectivity index (χ4v) is 6.63. The van der Waals surface area contributed by atoms with Gasteiger partial charge < -0.3 is 9.80 Å². The smallest absolute Gasteiger partial charge is 0.230 e. The van der Waals surface area contributed by atoms with Gasteiger partial charge in [-0.05, 0) is 72.1 Å². The molecule has 0 saturated carbocycles. The first-order valence-electron chi connectivity index (χ1n) is 12.3. The molecule has 1 spiro atoms. The van der Waals surface area contributed by atoms with E-state index in [4.69, 9.17) is 0 Å². The van der Waals surface area contributed by atoms with Crippen LogP contribution in [0.25, 0.3) is 0 Å². The van der Waals surface area contributed by atoms with Crippen molar-refractivity contribution in [1.29, 1.82) is 0 Å². The minimum atomic E-state index is 0.0681. The molecule has 1 atom stereocenters. The van der Waals surface area contributed by atoms with E-state index in [0.717, 1.165) is 64.7 Å². The van der Waals surface area contributed by atoms with E-state index in [1.165, 1.54) is 22.3 Å². The van der Waals surface area contributed by atoms with Gasteiger partial charge in [-0.15, -0.1) is 0 Å². The Morgan fingerprint density at radius 2 is 1.38 bits per heavy atom. The first kappa shape index (κ1) is 20.0. The summed E-state index contributed by atoms with van der Waals surface area (Å²) in [5.74, 6) is 1.17. The number of carbonyl (C=O) groups is 2. The topological polar surface area (TPSA) is 40.6 Å². The molecular weight excluding hydrogens is 396 g/mol. The molecule has 2 fully saturated rings. The molecule has 2 amide bonds. The summed E-state index contributed by atoms with van der Waals surface area (Å²) in [6, 6.07) is 17.0. The van der Waals surface area contributed by atoms with Gasteiger partial charge in [0.05, 0.1) is 5.92 Å². The highest BCUT2D eigenvalue weighted by Gasteiger charge is 2.45. The largest absolute Gasteiger partial charge is 0.343 e. The second-order valence-corrected chi connectivity index (χ2v) is 10.6. The van der Waals surface area contributed by atoms with Crippen LogP contribution in [0.15, 0.2) is 48.5 Å². The van der Waals surface area contributed by atoms with E-state index < -0.39 is 0 Å². The number of piperidine rings is 1. The predicted molar refractivity (Wildman–Crippen MR) is 124 cm³/mol. The standard InChI is InChI=1S/C28H32N2O2/c31-26(17-20-15-21-5-1-2-6-22(21)16-20)29-12-9-28(10-13-29)11-14-30(19-28)27(32)25-18-23-7-3-4-8-24(23)25/h1-8,20,25H,9-19H2. The molecule has 0 N–H and O–H groups in total. The molecule has 0 bridgehead atoms. The fourth-order valence-electron chi connectivity index (χ4n) is 6.63. The van der Waals surface area contributed by atoms with Crippen molar-refractivity contribution in [3.63, 3.8) is 0 Å². The normalized spacial score (nSPS) is 23.7. The SMILES string of the molecule is O=C(CC1Cc2ccccc2C1)N1CCC2(CC1)CCN(C(=O)C1Cc3ccccc31)C2. The van der Waals surface area contributed by atoms with Crippen molar-refractivity contribution in [3.05, 3.63) is 70.8 Å². The lowest BCUT2D eigenvalue weighted by Crippen LogP contribution is -2.45. The van der Waals surface area contributed by atoms with Gasteiger partial charge in [-0.2, -0.15) is 0 Å². The van der Waals surface area contributed by atoms with Crippen LogP contribution in [0.5, 0.6) is 0 Å². The van der Waals surface area contributed by atoms with Crippen LogP contribution in [0.4, 0.5) is 0 Å².